The highest BCUT2D eigenvalue weighted by Crippen LogP contribution is 2.35. The summed E-state index contributed by atoms with van der Waals surface area (Å²) in [7, 11) is 0. The van der Waals surface area contributed by atoms with Crippen LogP contribution < -0.4 is 0 Å². The Hall–Kier alpha value is -2.21. The van der Waals surface area contributed by atoms with Crippen LogP contribution in [0.2, 0.25) is 0 Å². The topological polar surface area (TPSA) is 80.4 Å². The number of hydrogen-bond acceptors (Lipinski definition) is 3. The van der Waals surface area contributed by atoms with Crippen molar-refractivity contribution in [1.29, 1.82) is 0 Å². The maximum atomic E-state index is 11.3. The minimum absolute atomic E-state index is 0.0219. The summed E-state index contributed by atoms with van der Waals surface area (Å²) >= 11 is 3.01. The van der Waals surface area contributed by atoms with Gasteiger partial charge in [-0.15, -0.1) is 0 Å². The maximum Gasteiger partial charge on any atom is 0.337 e. The number of carboxylic acid groups (broad SMARTS) is 1. The van der Waals surface area contributed by atoms with E-state index in [0.717, 1.165) is 0 Å². The van der Waals surface area contributed by atoms with E-state index in [1.165, 1.54) is 12.1 Å². The number of carboxylic acids is 1. The van der Waals surface area contributed by atoms with E-state index < -0.39 is 10.9 Å². The Kier molecular flexibility index (Phi) is 3.62. The quantitative estimate of drug-likeness (QED) is 0.690. The Morgan fingerprint density at radius 3 is 2.32 bits per heavy atom. The summed E-state index contributed by atoms with van der Waals surface area (Å²) in [6.45, 7) is 0. The van der Waals surface area contributed by atoms with Gasteiger partial charge in [0.05, 0.1) is 10.5 Å². The molecule has 6 heteroatoms. The number of aromatic carboxylic acids is 1. The first-order valence-electron chi connectivity index (χ1n) is 5.28. The van der Waals surface area contributed by atoms with Gasteiger partial charge >= 0.3 is 5.97 Å². The van der Waals surface area contributed by atoms with Crippen LogP contribution in [0, 0.1) is 10.1 Å². The number of nitro benzene ring substituents is 1. The molecule has 96 valence electrons. The van der Waals surface area contributed by atoms with E-state index >= 15 is 0 Å². The molecule has 0 spiro atoms. The van der Waals surface area contributed by atoms with Crippen LogP contribution in [0.15, 0.2) is 46.9 Å². The zero-order valence-corrected chi connectivity index (χ0v) is 11.1. The standard InChI is InChI=1S/C13H8BrNO4/c14-12-10(15(18)19)7-6-9(11(12)13(16)17)8-4-2-1-3-5-8/h1-7H,(H,16,17). The van der Waals surface area contributed by atoms with Gasteiger partial charge in [0, 0.05) is 6.07 Å². The molecule has 19 heavy (non-hydrogen) atoms. The van der Waals surface area contributed by atoms with Crippen molar-refractivity contribution in [1.82, 2.24) is 0 Å². The summed E-state index contributed by atoms with van der Waals surface area (Å²) in [5.41, 5.74) is 0.749. The third-order valence-corrected chi connectivity index (χ3v) is 3.42. The van der Waals surface area contributed by atoms with Crippen molar-refractivity contribution in [2.75, 3.05) is 0 Å². The fraction of sp³-hybridized carbons (Fsp3) is 0. The minimum atomic E-state index is -1.21. The van der Waals surface area contributed by atoms with Crippen molar-refractivity contribution in [3.8, 4) is 11.1 Å². The van der Waals surface area contributed by atoms with Crippen molar-refractivity contribution >= 4 is 27.6 Å². The van der Waals surface area contributed by atoms with Gasteiger partial charge in [0.25, 0.3) is 5.69 Å². The molecule has 2 aromatic rings. The average molecular weight is 322 g/mol. The largest absolute Gasteiger partial charge is 0.478 e. The van der Waals surface area contributed by atoms with Crippen LogP contribution in [0.5, 0.6) is 0 Å². The van der Waals surface area contributed by atoms with Gasteiger partial charge in [0.15, 0.2) is 0 Å². The van der Waals surface area contributed by atoms with E-state index in [1.807, 2.05) is 6.07 Å². The average Bonchev–Trinajstić information content (AvgIpc) is 2.38. The van der Waals surface area contributed by atoms with E-state index in [1.54, 1.807) is 24.3 Å². The van der Waals surface area contributed by atoms with Gasteiger partial charge in [0.2, 0.25) is 0 Å². The Bertz CT molecular complexity index is 655. The molecule has 5 nitrogen and oxygen atoms in total. The van der Waals surface area contributed by atoms with Crippen LogP contribution in [0.3, 0.4) is 0 Å². The molecule has 0 aliphatic rings. The van der Waals surface area contributed by atoms with E-state index in [4.69, 9.17) is 0 Å². The summed E-state index contributed by atoms with van der Waals surface area (Å²) in [6, 6.07) is 11.6. The number of nitrogens with zero attached hydrogens (tertiary/aromatic N) is 1. The third kappa shape index (κ3) is 2.48. The Balaban J connectivity index is 2.73. The van der Waals surface area contributed by atoms with Gasteiger partial charge in [-0.2, -0.15) is 0 Å². The lowest BCUT2D eigenvalue weighted by Crippen LogP contribution is -2.03. The zero-order valence-electron chi connectivity index (χ0n) is 9.54. The lowest BCUT2D eigenvalue weighted by Gasteiger charge is -2.08. The summed E-state index contributed by atoms with van der Waals surface area (Å²) in [4.78, 5) is 21.5. The summed E-state index contributed by atoms with van der Waals surface area (Å²) < 4.78 is -0.0219. The molecule has 0 atom stereocenters. The molecule has 2 rings (SSSR count). The monoisotopic (exact) mass is 321 g/mol. The minimum Gasteiger partial charge on any atom is -0.478 e. The predicted octanol–water partition coefficient (Wildman–Crippen LogP) is 3.72. The van der Waals surface area contributed by atoms with E-state index in [-0.39, 0.29) is 15.7 Å². The normalized spacial score (nSPS) is 10.2. The Morgan fingerprint density at radius 1 is 1.16 bits per heavy atom. The molecule has 0 bridgehead atoms. The van der Waals surface area contributed by atoms with Crippen molar-refractivity contribution in [2.24, 2.45) is 0 Å². The Labute approximate surface area is 116 Å². The zero-order chi connectivity index (χ0) is 14.0. The highest BCUT2D eigenvalue weighted by atomic mass is 79.9. The van der Waals surface area contributed by atoms with Crippen LogP contribution >= 0.6 is 15.9 Å². The summed E-state index contributed by atoms with van der Waals surface area (Å²) in [5.74, 6) is -1.21. The number of halogens is 1. The van der Waals surface area contributed by atoms with Crippen molar-refractivity contribution in [3.63, 3.8) is 0 Å². The molecule has 0 amide bonds. The molecule has 0 heterocycles. The van der Waals surface area contributed by atoms with E-state index in [9.17, 15) is 20.0 Å². The lowest BCUT2D eigenvalue weighted by atomic mass is 9.99. The first-order chi connectivity index (χ1) is 9.02. The van der Waals surface area contributed by atoms with Gasteiger partial charge in [-0.3, -0.25) is 10.1 Å². The SMILES string of the molecule is O=C(O)c1c(-c2ccccc2)ccc([N+](=O)[O-])c1Br. The number of benzene rings is 2. The van der Waals surface area contributed by atoms with Gasteiger partial charge in [-0.25, -0.2) is 4.79 Å². The molecule has 0 aliphatic carbocycles. The van der Waals surface area contributed by atoms with E-state index in [2.05, 4.69) is 15.9 Å². The van der Waals surface area contributed by atoms with Crippen molar-refractivity contribution < 1.29 is 14.8 Å². The second kappa shape index (κ2) is 5.19. The van der Waals surface area contributed by atoms with E-state index in [0.29, 0.717) is 11.1 Å². The predicted molar refractivity (Wildman–Crippen MR) is 73.2 cm³/mol. The smallest absolute Gasteiger partial charge is 0.337 e. The van der Waals surface area contributed by atoms with Crippen LogP contribution in [-0.2, 0) is 0 Å². The Morgan fingerprint density at radius 2 is 1.79 bits per heavy atom. The molecular formula is C13H8BrNO4. The van der Waals surface area contributed by atoms with Gasteiger partial charge < -0.3 is 5.11 Å². The van der Waals surface area contributed by atoms with Crippen molar-refractivity contribution in [3.05, 3.63) is 62.6 Å². The molecule has 1 N–H and O–H groups in total. The summed E-state index contributed by atoms with van der Waals surface area (Å²) in [6.07, 6.45) is 0. The first-order valence-corrected chi connectivity index (χ1v) is 6.07. The molecule has 0 saturated heterocycles. The highest BCUT2D eigenvalue weighted by Gasteiger charge is 2.23. The first kappa shape index (κ1) is 13.2. The second-order valence-electron chi connectivity index (χ2n) is 3.75. The maximum absolute atomic E-state index is 11.3. The molecule has 0 fully saturated rings. The molecule has 0 radical (unpaired) electrons. The molecular weight excluding hydrogens is 314 g/mol. The van der Waals surface area contributed by atoms with Crippen molar-refractivity contribution in [2.45, 2.75) is 0 Å². The molecule has 2 aromatic carbocycles. The molecule has 0 aromatic heterocycles. The second-order valence-corrected chi connectivity index (χ2v) is 4.54. The molecule has 0 unspecified atom stereocenters. The summed E-state index contributed by atoms with van der Waals surface area (Å²) in [5, 5.41) is 20.1. The van der Waals surface area contributed by atoms with Gasteiger partial charge in [-0.1, -0.05) is 30.3 Å². The lowest BCUT2D eigenvalue weighted by molar-refractivity contribution is -0.385. The fourth-order valence-corrected chi connectivity index (χ4v) is 2.43. The fourth-order valence-electron chi connectivity index (χ4n) is 1.77. The molecule has 0 aliphatic heterocycles. The van der Waals surface area contributed by atoms with Gasteiger partial charge in [0.1, 0.15) is 4.47 Å². The highest BCUT2D eigenvalue weighted by molar-refractivity contribution is 9.10. The van der Waals surface area contributed by atoms with Crippen LogP contribution in [-0.4, -0.2) is 16.0 Å². The van der Waals surface area contributed by atoms with Crippen LogP contribution in [0.4, 0.5) is 5.69 Å². The van der Waals surface area contributed by atoms with Crippen LogP contribution in [0.1, 0.15) is 10.4 Å². The number of carbonyl (C=O) groups is 1. The van der Waals surface area contributed by atoms with Crippen LogP contribution in [0.25, 0.3) is 11.1 Å². The number of hydrogen-bond donors (Lipinski definition) is 1. The van der Waals surface area contributed by atoms with Gasteiger partial charge in [-0.05, 0) is 33.1 Å². The molecule has 0 saturated carbocycles. The number of rotatable bonds is 3. The number of nitro groups is 1. The third-order valence-electron chi connectivity index (χ3n) is 2.62.